The molecular formula is C20H23N3O3S. The number of aryl methyl sites for hydroxylation is 1. The maximum atomic E-state index is 12.0. The van der Waals surface area contributed by atoms with Crippen LogP contribution in [-0.2, 0) is 4.79 Å². The lowest BCUT2D eigenvalue weighted by Crippen LogP contribution is -2.49. The van der Waals surface area contributed by atoms with E-state index in [1.165, 1.54) is 0 Å². The van der Waals surface area contributed by atoms with Gasteiger partial charge in [0.15, 0.2) is 11.7 Å². The normalized spacial score (nSPS) is 10.2. The van der Waals surface area contributed by atoms with Crippen LogP contribution in [0.1, 0.15) is 41.3 Å². The van der Waals surface area contributed by atoms with E-state index in [1.54, 1.807) is 12.1 Å². The van der Waals surface area contributed by atoms with Gasteiger partial charge in [0.2, 0.25) is 0 Å². The fraction of sp³-hybridized carbons (Fsp3) is 0.250. The summed E-state index contributed by atoms with van der Waals surface area (Å²) in [6, 6.07) is 14.6. The molecule has 0 saturated carbocycles. The Morgan fingerprint density at radius 1 is 1.04 bits per heavy atom. The number of hydrogen-bond acceptors (Lipinski definition) is 4. The molecule has 0 saturated heterocycles. The third kappa shape index (κ3) is 6.38. The fourth-order valence-electron chi connectivity index (χ4n) is 2.31. The first kappa shape index (κ1) is 20.4. The van der Waals surface area contributed by atoms with Crippen LogP contribution in [0.25, 0.3) is 0 Å². The van der Waals surface area contributed by atoms with Gasteiger partial charge in [-0.1, -0.05) is 49.7 Å². The van der Waals surface area contributed by atoms with Gasteiger partial charge in [-0.15, -0.1) is 0 Å². The third-order valence-corrected chi connectivity index (χ3v) is 3.96. The van der Waals surface area contributed by atoms with Crippen LogP contribution in [0.4, 0.5) is 0 Å². The lowest BCUT2D eigenvalue weighted by atomic mass is 10.0. The Balaban J connectivity index is 1.77. The van der Waals surface area contributed by atoms with Gasteiger partial charge in [-0.2, -0.15) is 0 Å². The van der Waals surface area contributed by atoms with Gasteiger partial charge in [-0.05, 0) is 48.8 Å². The van der Waals surface area contributed by atoms with E-state index in [1.807, 2.05) is 43.3 Å². The third-order valence-electron chi connectivity index (χ3n) is 3.76. The smallest absolute Gasteiger partial charge is 0.276 e. The van der Waals surface area contributed by atoms with Crippen molar-refractivity contribution >= 4 is 29.1 Å². The second-order valence-corrected chi connectivity index (χ2v) is 6.71. The number of hydrogen-bond donors (Lipinski definition) is 3. The number of nitrogens with one attached hydrogen (secondary N) is 3. The van der Waals surface area contributed by atoms with Crippen LogP contribution >= 0.6 is 12.2 Å². The molecule has 2 aromatic rings. The van der Waals surface area contributed by atoms with E-state index in [4.69, 9.17) is 17.0 Å². The van der Waals surface area contributed by atoms with E-state index in [0.717, 1.165) is 11.1 Å². The minimum absolute atomic E-state index is 0.00324. The molecule has 6 nitrogen and oxygen atoms in total. The molecule has 0 bridgehead atoms. The van der Waals surface area contributed by atoms with Crippen LogP contribution in [0.5, 0.6) is 5.75 Å². The van der Waals surface area contributed by atoms with E-state index in [9.17, 15) is 9.59 Å². The number of benzene rings is 2. The molecule has 0 fully saturated rings. The van der Waals surface area contributed by atoms with E-state index in [0.29, 0.717) is 11.3 Å². The van der Waals surface area contributed by atoms with Gasteiger partial charge in [0.05, 0.1) is 0 Å². The van der Waals surface area contributed by atoms with Crippen LogP contribution in [-0.4, -0.2) is 23.5 Å². The highest BCUT2D eigenvalue weighted by Gasteiger charge is 2.11. The fourth-order valence-corrected chi connectivity index (χ4v) is 2.45. The predicted octanol–water partition coefficient (Wildman–Crippen LogP) is 2.83. The molecule has 0 aliphatic rings. The van der Waals surface area contributed by atoms with Crippen LogP contribution < -0.4 is 20.9 Å². The molecule has 2 aromatic carbocycles. The average molecular weight is 385 g/mol. The van der Waals surface area contributed by atoms with Crippen LogP contribution in [0.3, 0.4) is 0 Å². The van der Waals surface area contributed by atoms with Gasteiger partial charge in [0.25, 0.3) is 11.8 Å². The molecule has 0 aliphatic heterocycles. The number of thiocarbonyl (C=S) groups is 1. The SMILES string of the molecule is Cc1ccc(C(=O)NC(=S)NNC(=O)COc2ccccc2C(C)C)cc1. The molecule has 3 N–H and O–H groups in total. The summed E-state index contributed by atoms with van der Waals surface area (Å²) in [6.07, 6.45) is 0. The Morgan fingerprint density at radius 2 is 1.70 bits per heavy atom. The number of rotatable bonds is 5. The Kier molecular flexibility index (Phi) is 7.31. The number of carbonyl (C=O) groups excluding carboxylic acids is 2. The van der Waals surface area contributed by atoms with Crippen molar-refractivity contribution in [2.45, 2.75) is 26.7 Å². The van der Waals surface area contributed by atoms with Gasteiger partial charge in [0.1, 0.15) is 5.75 Å². The molecule has 0 radical (unpaired) electrons. The molecule has 2 rings (SSSR count). The zero-order valence-electron chi connectivity index (χ0n) is 15.5. The number of hydrazine groups is 1. The Bertz CT molecular complexity index is 819. The highest BCUT2D eigenvalue weighted by molar-refractivity contribution is 7.80. The molecule has 0 heterocycles. The van der Waals surface area contributed by atoms with E-state index >= 15 is 0 Å². The lowest BCUT2D eigenvalue weighted by molar-refractivity contribution is -0.123. The van der Waals surface area contributed by atoms with Crippen molar-refractivity contribution in [1.82, 2.24) is 16.2 Å². The summed E-state index contributed by atoms with van der Waals surface area (Å²) in [7, 11) is 0. The zero-order valence-corrected chi connectivity index (χ0v) is 16.4. The maximum absolute atomic E-state index is 12.0. The average Bonchev–Trinajstić information content (AvgIpc) is 2.65. The van der Waals surface area contributed by atoms with Crippen LogP contribution in [0, 0.1) is 6.92 Å². The second kappa shape index (κ2) is 9.68. The Morgan fingerprint density at radius 3 is 2.37 bits per heavy atom. The van der Waals surface area contributed by atoms with Gasteiger partial charge < -0.3 is 4.74 Å². The lowest BCUT2D eigenvalue weighted by Gasteiger charge is -2.14. The van der Waals surface area contributed by atoms with Gasteiger partial charge >= 0.3 is 0 Å². The van der Waals surface area contributed by atoms with Crippen molar-refractivity contribution in [3.8, 4) is 5.75 Å². The molecule has 2 amide bonds. The largest absolute Gasteiger partial charge is 0.483 e. The van der Waals surface area contributed by atoms with Gasteiger partial charge in [-0.3, -0.25) is 25.8 Å². The first-order valence-corrected chi connectivity index (χ1v) is 8.96. The maximum Gasteiger partial charge on any atom is 0.276 e. The highest BCUT2D eigenvalue weighted by Crippen LogP contribution is 2.25. The molecule has 142 valence electrons. The van der Waals surface area contributed by atoms with Crippen LogP contribution in [0.2, 0.25) is 0 Å². The predicted molar refractivity (Wildman–Crippen MR) is 109 cm³/mol. The minimum atomic E-state index is -0.416. The summed E-state index contributed by atoms with van der Waals surface area (Å²) in [5, 5.41) is 2.49. The summed E-state index contributed by atoms with van der Waals surface area (Å²) >= 11 is 5.01. The van der Waals surface area contributed by atoms with E-state index in [-0.39, 0.29) is 23.5 Å². The summed E-state index contributed by atoms with van der Waals surface area (Å²) in [5.41, 5.74) is 7.44. The second-order valence-electron chi connectivity index (χ2n) is 6.30. The standard InChI is InChI=1S/C20H23N3O3S/c1-13(2)16-6-4-5-7-17(16)26-12-18(24)22-23-20(27)21-19(25)15-10-8-14(3)9-11-15/h4-11,13H,12H2,1-3H3,(H,22,24)(H2,21,23,25,27). The molecule has 7 heteroatoms. The summed E-state index contributed by atoms with van der Waals surface area (Å²) in [4.78, 5) is 24.0. The molecule has 0 spiro atoms. The topological polar surface area (TPSA) is 79.5 Å². The number of para-hydroxylation sites is 1. The van der Waals surface area contributed by atoms with Gasteiger partial charge in [-0.25, -0.2) is 0 Å². The number of carbonyl (C=O) groups is 2. The molecule has 0 aromatic heterocycles. The molecular weight excluding hydrogens is 362 g/mol. The first-order chi connectivity index (χ1) is 12.9. The van der Waals surface area contributed by atoms with Gasteiger partial charge in [0, 0.05) is 5.56 Å². The quantitative estimate of drug-likeness (QED) is 0.545. The number of ether oxygens (including phenoxy) is 1. The van der Waals surface area contributed by atoms with Crippen molar-refractivity contribution in [2.75, 3.05) is 6.61 Å². The van der Waals surface area contributed by atoms with Crippen LogP contribution in [0.15, 0.2) is 48.5 Å². The summed E-state index contributed by atoms with van der Waals surface area (Å²) in [6.45, 7) is 5.87. The zero-order chi connectivity index (χ0) is 19.8. The first-order valence-electron chi connectivity index (χ1n) is 8.55. The van der Waals surface area contributed by atoms with Crippen molar-refractivity contribution < 1.29 is 14.3 Å². The van der Waals surface area contributed by atoms with E-state index < -0.39 is 5.91 Å². The number of amides is 2. The Hall–Kier alpha value is -2.93. The molecule has 0 aliphatic carbocycles. The van der Waals surface area contributed by atoms with Crippen molar-refractivity contribution in [2.24, 2.45) is 0 Å². The summed E-state index contributed by atoms with van der Waals surface area (Å²) in [5.74, 6) is 0.175. The summed E-state index contributed by atoms with van der Waals surface area (Å²) < 4.78 is 5.57. The van der Waals surface area contributed by atoms with Crippen molar-refractivity contribution in [1.29, 1.82) is 0 Å². The highest BCUT2D eigenvalue weighted by atomic mass is 32.1. The van der Waals surface area contributed by atoms with Crippen molar-refractivity contribution in [3.63, 3.8) is 0 Å². The molecule has 27 heavy (non-hydrogen) atoms. The Labute approximate surface area is 164 Å². The van der Waals surface area contributed by atoms with Crippen molar-refractivity contribution in [3.05, 3.63) is 65.2 Å². The van der Waals surface area contributed by atoms with E-state index in [2.05, 4.69) is 30.0 Å². The molecule has 0 atom stereocenters. The minimum Gasteiger partial charge on any atom is -0.483 e. The monoisotopic (exact) mass is 385 g/mol. The molecule has 0 unspecified atom stereocenters.